The van der Waals surface area contributed by atoms with E-state index in [0.717, 1.165) is 55.5 Å². The number of hydrogen-bond acceptors (Lipinski definition) is 6. The zero-order chi connectivity index (χ0) is 36.6. The van der Waals surface area contributed by atoms with Crippen LogP contribution in [0.15, 0.2) is 36.7 Å². The van der Waals surface area contributed by atoms with Gasteiger partial charge in [0, 0.05) is 67.7 Å². The van der Waals surface area contributed by atoms with Crippen LogP contribution in [0, 0.1) is 5.41 Å². The molecular weight excluding hydrogens is 670 g/mol. The van der Waals surface area contributed by atoms with Gasteiger partial charge in [-0.3, -0.25) is 4.98 Å². The first-order valence-electron chi connectivity index (χ1n) is 18.3. The van der Waals surface area contributed by atoms with E-state index in [1.54, 1.807) is 0 Å². The van der Waals surface area contributed by atoms with Crippen molar-refractivity contribution >= 4 is 5.95 Å². The van der Waals surface area contributed by atoms with Crippen molar-refractivity contribution in [1.82, 2.24) is 15.0 Å². The van der Waals surface area contributed by atoms with Crippen LogP contribution in [0.2, 0.25) is 0 Å². The van der Waals surface area contributed by atoms with E-state index in [0.29, 0.717) is 67.2 Å². The zero-order valence-electron chi connectivity index (χ0n) is 29.3. The largest absolute Gasteiger partial charge is 0.416 e. The van der Waals surface area contributed by atoms with E-state index < -0.39 is 35.9 Å². The third kappa shape index (κ3) is 8.53. The second kappa shape index (κ2) is 15.0. The fourth-order valence-electron chi connectivity index (χ4n) is 8.33. The summed E-state index contributed by atoms with van der Waals surface area (Å²) in [6.45, 7) is 5.38. The van der Waals surface area contributed by atoms with Crippen molar-refractivity contribution < 1.29 is 36.6 Å². The Labute approximate surface area is 295 Å². The highest BCUT2D eigenvalue weighted by atomic mass is 19.4. The average molecular weight is 719 g/mol. The number of aliphatic hydroxyl groups excluding tert-OH is 2. The fourth-order valence-corrected chi connectivity index (χ4v) is 8.33. The van der Waals surface area contributed by atoms with E-state index in [2.05, 4.69) is 14.9 Å². The number of unbranched alkanes of at least 4 members (excludes halogenated alkanes) is 2. The highest BCUT2D eigenvalue weighted by Crippen LogP contribution is 2.52. The number of pyridine rings is 1. The van der Waals surface area contributed by atoms with Crippen molar-refractivity contribution in [3.05, 3.63) is 81.4 Å². The van der Waals surface area contributed by atoms with Gasteiger partial charge in [0.05, 0.1) is 17.4 Å². The average Bonchev–Trinajstić information content (AvgIpc) is 3.09. The summed E-state index contributed by atoms with van der Waals surface area (Å²) in [4.78, 5) is 16.4. The molecule has 1 aliphatic heterocycles. The van der Waals surface area contributed by atoms with E-state index in [9.17, 15) is 27.1 Å². The van der Waals surface area contributed by atoms with Crippen LogP contribution in [0.3, 0.4) is 0 Å². The zero-order valence-corrected chi connectivity index (χ0v) is 29.3. The molecule has 12 heteroatoms. The van der Waals surface area contributed by atoms with Crippen molar-refractivity contribution in [2.24, 2.45) is 5.41 Å². The number of aliphatic hydroxyl groups is 2. The van der Waals surface area contributed by atoms with Gasteiger partial charge in [0.1, 0.15) is 0 Å². The molecule has 2 fully saturated rings. The molecule has 1 aromatic carbocycles. The maximum absolute atomic E-state index is 17.2. The first kappa shape index (κ1) is 37.5. The minimum absolute atomic E-state index is 0.0290. The molecular formula is C39H48F6N4O2. The summed E-state index contributed by atoms with van der Waals surface area (Å²) in [5.74, 6) is -2.91. The van der Waals surface area contributed by atoms with Gasteiger partial charge in [-0.25, -0.2) is 23.1 Å². The first-order chi connectivity index (χ1) is 24.2. The molecule has 3 aromatic rings. The molecule has 0 radical (unpaired) electrons. The third-order valence-corrected chi connectivity index (χ3v) is 11.0. The number of fused-ring (bicyclic) bond motifs is 1. The molecule has 0 amide bonds. The lowest BCUT2D eigenvalue weighted by Gasteiger charge is -2.41. The van der Waals surface area contributed by atoms with E-state index in [1.807, 2.05) is 26.2 Å². The minimum atomic E-state index is -4.59. The molecule has 6 rings (SSSR count). The quantitative estimate of drug-likeness (QED) is 0.161. The van der Waals surface area contributed by atoms with E-state index in [-0.39, 0.29) is 54.7 Å². The van der Waals surface area contributed by atoms with E-state index in [1.165, 1.54) is 0 Å². The Morgan fingerprint density at radius 3 is 2.16 bits per heavy atom. The Hall–Kier alpha value is -3.25. The molecule has 2 N–H and O–H groups in total. The highest BCUT2D eigenvalue weighted by Gasteiger charge is 2.44. The Kier molecular flexibility index (Phi) is 11.0. The Morgan fingerprint density at radius 1 is 0.902 bits per heavy atom. The number of benzene rings is 1. The van der Waals surface area contributed by atoms with Crippen LogP contribution in [0.25, 0.3) is 0 Å². The number of hydrogen-bond donors (Lipinski definition) is 2. The third-order valence-electron chi connectivity index (χ3n) is 11.0. The van der Waals surface area contributed by atoms with Gasteiger partial charge < -0.3 is 15.1 Å². The van der Waals surface area contributed by atoms with Gasteiger partial charge >= 0.3 is 6.18 Å². The van der Waals surface area contributed by atoms with Gasteiger partial charge in [0.25, 0.3) is 0 Å². The Balaban J connectivity index is 1.37. The molecule has 2 aromatic heterocycles. The van der Waals surface area contributed by atoms with Crippen molar-refractivity contribution in [2.45, 2.75) is 127 Å². The number of nitrogens with zero attached hydrogens (tertiary/aromatic N) is 4. The lowest BCUT2D eigenvalue weighted by atomic mass is 9.68. The molecule has 0 spiro atoms. The summed E-state index contributed by atoms with van der Waals surface area (Å²) < 4.78 is 86.5. The maximum Gasteiger partial charge on any atom is 0.416 e. The normalized spacial score (nSPS) is 21.8. The molecule has 3 heterocycles. The number of anilines is 1. The van der Waals surface area contributed by atoms with Gasteiger partial charge in [0.2, 0.25) is 11.9 Å². The van der Waals surface area contributed by atoms with Gasteiger partial charge in [0.15, 0.2) is 6.17 Å². The lowest BCUT2D eigenvalue weighted by molar-refractivity contribution is -0.137. The van der Waals surface area contributed by atoms with Gasteiger partial charge in [-0.15, -0.1) is 0 Å². The van der Waals surface area contributed by atoms with E-state index in [4.69, 9.17) is 10.1 Å². The number of piperidine rings is 1. The SMILES string of the molecule is CC1(C)Cc2nc(C3CCN(c4ncc(CCCCCO)cn4)CC3)c([C@@H](F)c3ccc(C(F)(F)F)cc3)c(C3CCC(F)(F)CC3)c2[C@@H](O)C1. The molecule has 0 unspecified atom stereocenters. The predicted molar refractivity (Wildman–Crippen MR) is 183 cm³/mol. The Morgan fingerprint density at radius 2 is 1.55 bits per heavy atom. The van der Waals surface area contributed by atoms with Gasteiger partial charge in [-0.05, 0) is 97.9 Å². The van der Waals surface area contributed by atoms with Crippen LogP contribution in [0.5, 0.6) is 0 Å². The Bertz CT molecular complexity index is 1630. The summed E-state index contributed by atoms with van der Waals surface area (Å²) in [5, 5.41) is 20.6. The number of halogens is 6. The monoisotopic (exact) mass is 718 g/mol. The summed E-state index contributed by atoms with van der Waals surface area (Å²) in [6, 6.07) is 4.02. The van der Waals surface area contributed by atoms with Crippen molar-refractivity contribution in [3.63, 3.8) is 0 Å². The molecule has 278 valence electrons. The maximum atomic E-state index is 17.2. The van der Waals surface area contributed by atoms with Gasteiger partial charge in [-0.2, -0.15) is 13.2 Å². The fraction of sp³-hybridized carbons (Fsp3) is 0.615. The number of alkyl halides is 6. The summed E-state index contributed by atoms with van der Waals surface area (Å²) in [5.41, 5.74) is 2.29. The molecule has 1 saturated heterocycles. The number of aryl methyl sites for hydroxylation is 1. The molecule has 2 aliphatic carbocycles. The smallest absolute Gasteiger partial charge is 0.396 e. The molecule has 0 bridgehead atoms. The second-order valence-corrected chi connectivity index (χ2v) is 15.5. The summed E-state index contributed by atoms with van der Waals surface area (Å²) in [7, 11) is 0. The van der Waals surface area contributed by atoms with Gasteiger partial charge in [-0.1, -0.05) is 32.4 Å². The summed E-state index contributed by atoms with van der Waals surface area (Å²) in [6.07, 6.45) is 1.25. The topological polar surface area (TPSA) is 82.4 Å². The van der Waals surface area contributed by atoms with E-state index >= 15 is 4.39 Å². The van der Waals surface area contributed by atoms with Crippen LogP contribution in [0.4, 0.5) is 32.3 Å². The second-order valence-electron chi connectivity index (χ2n) is 15.5. The first-order valence-corrected chi connectivity index (χ1v) is 18.3. The molecule has 1 saturated carbocycles. The number of rotatable bonds is 10. The molecule has 6 nitrogen and oxygen atoms in total. The van der Waals surface area contributed by atoms with Crippen LogP contribution in [-0.2, 0) is 19.0 Å². The minimum Gasteiger partial charge on any atom is -0.396 e. The lowest BCUT2D eigenvalue weighted by Crippen LogP contribution is -2.36. The standard InChI is InChI=1S/C39H48F6N4O2/c1-37(2)20-29-32(30(51)21-37)31(25-11-15-38(41,42)16-12-25)33(34(40)26-7-9-28(10-8-26)39(43,44)45)35(48-29)27-13-17-49(18-14-27)36-46-22-24(23-47-36)6-4-3-5-19-50/h7-10,22-23,25,27,30,34,50-51H,3-6,11-21H2,1-2H3/t30-,34-/m0/s1. The van der Waals surface area contributed by atoms with Crippen LogP contribution in [-0.4, -0.2) is 50.8 Å². The predicted octanol–water partition coefficient (Wildman–Crippen LogP) is 9.34. The van der Waals surface area contributed by atoms with Crippen LogP contribution >= 0.6 is 0 Å². The molecule has 2 atom stereocenters. The van der Waals surface area contributed by atoms with Crippen LogP contribution < -0.4 is 4.90 Å². The van der Waals surface area contributed by atoms with Crippen molar-refractivity contribution in [2.75, 3.05) is 24.6 Å². The van der Waals surface area contributed by atoms with Crippen molar-refractivity contribution in [3.8, 4) is 0 Å². The highest BCUT2D eigenvalue weighted by molar-refractivity contribution is 5.51. The van der Waals surface area contributed by atoms with Crippen molar-refractivity contribution in [1.29, 1.82) is 0 Å². The number of aromatic nitrogens is 3. The summed E-state index contributed by atoms with van der Waals surface area (Å²) >= 11 is 0. The molecule has 3 aliphatic rings. The molecule has 51 heavy (non-hydrogen) atoms. The van der Waals surface area contributed by atoms with Crippen LogP contribution in [0.1, 0.15) is 147 Å².